The van der Waals surface area contributed by atoms with Crippen LogP contribution in [0.1, 0.15) is 20.8 Å². The highest BCUT2D eigenvalue weighted by molar-refractivity contribution is 5.88. The van der Waals surface area contributed by atoms with Crippen molar-refractivity contribution < 1.29 is 0 Å². The van der Waals surface area contributed by atoms with Gasteiger partial charge in [0.25, 0.3) is 0 Å². The first-order valence-corrected chi connectivity index (χ1v) is 3.59. The van der Waals surface area contributed by atoms with Crippen molar-refractivity contribution >= 4 is 5.84 Å². The minimum Gasteiger partial charge on any atom is -0.350 e. The molecule has 11 heavy (non-hydrogen) atoms. The fourth-order valence-electron chi connectivity index (χ4n) is 0.635. The molecule has 0 spiro atoms. The summed E-state index contributed by atoms with van der Waals surface area (Å²) in [5, 5.41) is 2.97. The van der Waals surface area contributed by atoms with Crippen molar-refractivity contribution in [3.05, 3.63) is 25.6 Å². The van der Waals surface area contributed by atoms with Gasteiger partial charge >= 0.3 is 0 Å². The van der Waals surface area contributed by atoms with E-state index in [1.165, 1.54) is 6.20 Å². The van der Waals surface area contributed by atoms with Crippen molar-refractivity contribution in [2.75, 3.05) is 0 Å². The van der Waals surface area contributed by atoms with E-state index < -0.39 is 0 Å². The maximum absolute atomic E-state index is 4.08. The molecule has 1 N–H and O–H groups in total. The predicted octanol–water partition coefficient (Wildman–Crippen LogP) is 2.31. The molecular weight excluding hydrogens is 136 g/mol. The number of hydrogen-bond donors (Lipinski definition) is 1. The molecule has 0 aliphatic rings. The van der Waals surface area contributed by atoms with E-state index in [1.54, 1.807) is 6.20 Å². The highest BCUT2D eigenvalue weighted by Gasteiger charge is 2.16. The fraction of sp³-hybridized carbons (Fsp3) is 0.444. The topological polar surface area (TPSA) is 24.4 Å². The van der Waals surface area contributed by atoms with Crippen LogP contribution in [0.5, 0.6) is 0 Å². The number of aliphatic imine (C=N–C) groups is 1. The third-order valence-corrected chi connectivity index (χ3v) is 1.17. The summed E-state index contributed by atoms with van der Waals surface area (Å²) in [6.07, 6.45) is 3.14. The second-order valence-corrected chi connectivity index (χ2v) is 3.26. The van der Waals surface area contributed by atoms with Crippen LogP contribution >= 0.6 is 0 Å². The van der Waals surface area contributed by atoms with E-state index in [0.29, 0.717) is 0 Å². The molecule has 0 aromatic heterocycles. The number of hydrogen-bond acceptors (Lipinski definition) is 1. The Morgan fingerprint density at radius 2 is 1.91 bits per heavy atom. The van der Waals surface area contributed by atoms with Crippen molar-refractivity contribution in [1.82, 2.24) is 5.32 Å². The van der Waals surface area contributed by atoms with E-state index in [-0.39, 0.29) is 5.41 Å². The average molecular weight is 152 g/mol. The lowest BCUT2D eigenvalue weighted by atomic mass is 9.95. The zero-order chi connectivity index (χ0) is 8.91. The van der Waals surface area contributed by atoms with Crippen LogP contribution in [0.4, 0.5) is 0 Å². The van der Waals surface area contributed by atoms with Crippen molar-refractivity contribution in [2.24, 2.45) is 10.4 Å². The smallest absolute Gasteiger partial charge is 0.111 e. The van der Waals surface area contributed by atoms with Crippen molar-refractivity contribution in [3.8, 4) is 0 Å². The Morgan fingerprint density at radius 3 is 2.18 bits per heavy atom. The van der Waals surface area contributed by atoms with Gasteiger partial charge in [0.15, 0.2) is 0 Å². The van der Waals surface area contributed by atoms with Crippen LogP contribution in [0.15, 0.2) is 30.6 Å². The number of rotatable bonds is 2. The molecule has 2 heteroatoms. The molecule has 0 radical (unpaired) electrons. The molecule has 0 unspecified atom stereocenters. The average Bonchev–Trinajstić information content (AvgIpc) is 1.85. The van der Waals surface area contributed by atoms with Gasteiger partial charge < -0.3 is 5.32 Å². The Balaban J connectivity index is 4.46. The molecule has 0 aliphatic heterocycles. The summed E-state index contributed by atoms with van der Waals surface area (Å²) in [5.41, 5.74) is 0.0162. The SMILES string of the molecule is C=C/N=C(\NC=C)C(C)(C)C. The number of nitrogens with one attached hydrogen (secondary N) is 1. The fourth-order valence-corrected chi connectivity index (χ4v) is 0.635. The summed E-state index contributed by atoms with van der Waals surface area (Å²) < 4.78 is 0. The quantitative estimate of drug-likeness (QED) is 0.476. The molecule has 0 aromatic carbocycles. The van der Waals surface area contributed by atoms with Crippen LogP contribution in [0.25, 0.3) is 0 Å². The van der Waals surface area contributed by atoms with Gasteiger partial charge in [0.05, 0.1) is 0 Å². The van der Waals surface area contributed by atoms with Crippen LogP contribution < -0.4 is 5.32 Å². The van der Waals surface area contributed by atoms with E-state index in [1.807, 2.05) is 0 Å². The Bertz CT molecular complexity index is 172. The lowest BCUT2D eigenvalue weighted by Gasteiger charge is -2.20. The molecule has 0 saturated heterocycles. The van der Waals surface area contributed by atoms with Gasteiger partial charge in [-0.2, -0.15) is 0 Å². The van der Waals surface area contributed by atoms with Gasteiger partial charge in [-0.1, -0.05) is 33.9 Å². The van der Waals surface area contributed by atoms with Crippen molar-refractivity contribution in [3.63, 3.8) is 0 Å². The van der Waals surface area contributed by atoms with Gasteiger partial charge in [-0.3, -0.25) is 0 Å². The molecule has 62 valence electrons. The summed E-state index contributed by atoms with van der Waals surface area (Å²) in [6.45, 7) is 13.3. The third-order valence-electron chi connectivity index (χ3n) is 1.17. The van der Waals surface area contributed by atoms with E-state index >= 15 is 0 Å². The van der Waals surface area contributed by atoms with Crippen LogP contribution in [0, 0.1) is 5.41 Å². The Morgan fingerprint density at radius 1 is 1.36 bits per heavy atom. The van der Waals surface area contributed by atoms with E-state index in [4.69, 9.17) is 0 Å². The van der Waals surface area contributed by atoms with Crippen LogP contribution in [-0.2, 0) is 0 Å². The summed E-state index contributed by atoms with van der Waals surface area (Å²) in [6, 6.07) is 0. The Labute approximate surface area is 68.7 Å². The Kier molecular flexibility index (Phi) is 3.58. The van der Waals surface area contributed by atoms with E-state index in [0.717, 1.165) is 5.84 Å². The monoisotopic (exact) mass is 152 g/mol. The van der Waals surface area contributed by atoms with Gasteiger partial charge in [0.2, 0.25) is 0 Å². The molecule has 0 fully saturated rings. The highest BCUT2D eigenvalue weighted by atomic mass is 15.0. The molecule has 0 aromatic rings. The molecule has 0 saturated carbocycles. The first-order valence-electron chi connectivity index (χ1n) is 3.59. The van der Waals surface area contributed by atoms with E-state index in [9.17, 15) is 0 Å². The number of amidine groups is 1. The summed E-state index contributed by atoms with van der Waals surface area (Å²) in [5.74, 6) is 0.877. The zero-order valence-corrected chi connectivity index (χ0v) is 7.52. The Hall–Kier alpha value is -1.05. The predicted molar refractivity (Wildman–Crippen MR) is 50.4 cm³/mol. The summed E-state index contributed by atoms with van der Waals surface area (Å²) in [4.78, 5) is 4.08. The molecular formula is C9H16N2. The maximum atomic E-state index is 4.08. The highest BCUT2D eigenvalue weighted by Crippen LogP contribution is 2.14. The molecule has 2 nitrogen and oxygen atoms in total. The molecule has 0 amide bonds. The van der Waals surface area contributed by atoms with Gasteiger partial charge in [0, 0.05) is 11.6 Å². The second-order valence-electron chi connectivity index (χ2n) is 3.26. The van der Waals surface area contributed by atoms with Crippen molar-refractivity contribution in [1.29, 1.82) is 0 Å². The zero-order valence-electron chi connectivity index (χ0n) is 7.52. The van der Waals surface area contributed by atoms with Gasteiger partial charge in [-0.05, 0) is 6.20 Å². The normalized spacial score (nSPS) is 12.5. The van der Waals surface area contributed by atoms with Gasteiger partial charge in [0.1, 0.15) is 5.84 Å². The number of nitrogens with zero attached hydrogens (tertiary/aromatic N) is 1. The van der Waals surface area contributed by atoms with Crippen LogP contribution in [0.3, 0.4) is 0 Å². The lowest BCUT2D eigenvalue weighted by molar-refractivity contribution is 0.575. The van der Waals surface area contributed by atoms with Gasteiger partial charge in [-0.25, -0.2) is 4.99 Å². The second kappa shape index (κ2) is 3.96. The first-order chi connectivity index (χ1) is 5.02. The maximum Gasteiger partial charge on any atom is 0.111 e. The van der Waals surface area contributed by atoms with Crippen molar-refractivity contribution in [2.45, 2.75) is 20.8 Å². The molecule has 0 aliphatic carbocycles. The summed E-state index contributed by atoms with van der Waals surface area (Å²) >= 11 is 0. The third kappa shape index (κ3) is 3.61. The molecule has 0 heterocycles. The minimum absolute atomic E-state index is 0.0162. The molecule has 0 bridgehead atoms. The van der Waals surface area contributed by atoms with Crippen LogP contribution in [0.2, 0.25) is 0 Å². The lowest BCUT2D eigenvalue weighted by Crippen LogP contribution is -2.31. The standard InChI is InChI=1S/C9H16N2/c1-6-10-8(11-7-2)9(3,4)5/h6-7H,1-2H2,3-5H3,(H,10,11). The van der Waals surface area contributed by atoms with Crippen LogP contribution in [-0.4, -0.2) is 5.84 Å². The van der Waals surface area contributed by atoms with Gasteiger partial charge in [-0.15, -0.1) is 0 Å². The summed E-state index contributed by atoms with van der Waals surface area (Å²) in [7, 11) is 0. The first kappa shape index (κ1) is 9.95. The van der Waals surface area contributed by atoms with E-state index in [2.05, 4.69) is 44.2 Å². The molecule has 0 rings (SSSR count). The largest absolute Gasteiger partial charge is 0.350 e. The molecule has 0 atom stereocenters. The minimum atomic E-state index is 0.0162.